The molecule has 0 saturated heterocycles. The Balaban J connectivity index is 2.41. The van der Waals surface area contributed by atoms with Gasteiger partial charge in [0.15, 0.2) is 0 Å². The molecule has 1 unspecified atom stereocenters. The Morgan fingerprint density at radius 3 is 2.31 bits per heavy atom. The van der Waals surface area contributed by atoms with Crippen LogP contribution in [-0.4, -0.2) is 29.8 Å². The van der Waals surface area contributed by atoms with E-state index in [1.54, 1.807) is 0 Å². The average Bonchev–Trinajstić information content (AvgIpc) is 2.29. The molecule has 1 aliphatic carbocycles. The molecule has 1 fully saturated rings. The minimum atomic E-state index is 0.481. The van der Waals surface area contributed by atoms with Crippen LogP contribution in [0.15, 0.2) is 0 Å². The third-order valence-electron chi connectivity index (χ3n) is 3.57. The zero-order valence-electron chi connectivity index (χ0n) is 11.0. The standard InChI is InChI=1S/C14H27NO/c1-3-5-10-15(11-6-4-2)13-8-7-9-14(16)12-13/h13H,3-12H2,1-2H3. The second-order valence-electron chi connectivity index (χ2n) is 5.03. The SMILES string of the molecule is CCCCN(CCCC)C1CCCC(=O)C1. The molecule has 2 heteroatoms. The van der Waals surface area contributed by atoms with Crippen molar-refractivity contribution in [3.63, 3.8) is 0 Å². The Morgan fingerprint density at radius 2 is 1.81 bits per heavy atom. The molecule has 0 aliphatic heterocycles. The largest absolute Gasteiger partial charge is 0.300 e. The molecule has 0 aromatic rings. The summed E-state index contributed by atoms with van der Waals surface area (Å²) in [5.74, 6) is 0.481. The van der Waals surface area contributed by atoms with Crippen molar-refractivity contribution in [3.05, 3.63) is 0 Å². The molecule has 16 heavy (non-hydrogen) atoms. The van der Waals surface area contributed by atoms with Gasteiger partial charge < -0.3 is 0 Å². The topological polar surface area (TPSA) is 20.3 Å². The fourth-order valence-electron chi connectivity index (χ4n) is 2.51. The van der Waals surface area contributed by atoms with E-state index in [4.69, 9.17) is 0 Å². The summed E-state index contributed by atoms with van der Waals surface area (Å²) >= 11 is 0. The second kappa shape index (κ2) is 7.83. The van der Waals surface area contributed by atoms with Crippen LogP contribution < -0.4 is 0 Å². The van der Waals surface area contributed by atoms with Crippen LogP contribution in [0, 0.1) is 0 Å². The van der Waals surface area contributed by atoms with Gasteiger partial charge in [-0.05, 0) is 38.8 Å². The van der Waals surface area contributed by atoms with Crippen molar-refractivity contribution < 1.29 is 4.79 Å². The van der Waals surface area contributed by atoms with E-state index in [-0.39, 0.29) is 0 Å². The fourth-order valence-corrected chi connectivity index (χ4v) is 2.51. The molecule has 0 aromatic carbocycles. The van der Waals surface area contributed by atoms with E-state index in [9.17, 15) is 4.79 Å². The summed E-state index contributed by atoms with van der Waals surface area (Å²) in [5, 5.41) is 0. The molecule has 2 nitrogen and oxygen atoms in total. The molecule has 0 radical (unpaired) electrons. The minimum Gasteiger partial charge on any atom is -0.300 e. The molecular weight excluding hydrogens is 198 g/mol. The number of rotatable bonds is 7. The number of nitrogens with zero attached hydrogens (tertiary/aromatic N) is 1. The lowest BCUT2D eigenvalue weighted by Gasteiger charge is -2.33. The molecule has 0 N–H and O–H groups in total. The van der Waals surface area contributed by atoms with Crippen molar-refractivity contribution in [2.24, 2.45) is 0 Å². The third-order valence-corrected chi connectivity index (χ3v) is 3.57. The van der Waals surface area contributed by atoms with E-state index >= 15 is 0 Å². The molecule has 1 rings (SSSR count). The normalized spacial score (nSPS) is 21.7. The lowest BCUT2D eigenvalue weighted by molar-refractivity contribution is -0.122. The lowest BCUT2D eigenvalue weighted by atomic mass is 9.92. The fraction of sp³-hybridized carbons (Fsp3) is 0.929. The summed E-state index contributed by atoms with van der Waals surface area (Å²) in [6.07, 6.45) is 9.03. The van der Waals surface area contributed by atoms with E-state index in [0.29, 0.717) is 11.8 Å². The summed E-state index contributed by atoms with van der Waals surface area (Å²) in [6, 6.07) is 0.555. The van der Waals surface area contributed by atoms with Gasteiger partial charge in [-0.3, -0.25) is 9.69 Å². The summed E-state index contributed by atoms with van der Waals surface area (Å²) in [6.45, 7) is 6.86. The Kier molecular flexibility index (Phi) is 6.70. The van der Waals surface area contributed by atoms with Crippen LogP contribution in [0.1, 0.15) is 65.2 Å². The van der Waals surface area contributed by atoms with Crippen LogP contribution in [0.25, 0.3) is 0 Å². The Bertz CT molecular complexity index is 195. The first-order valence-electron chi connectivity index (χ1n) is 7.03. The molecule has 1 aliphatic rings. The Hall–Kier alpha value is -0.370. The highest BCUT2D eigenvalue weighted by Crippen LogP contribution is 2.21. The summed E-state index contributed by atoms with van der Waals surface area (Å²) in [7, 11) is 0. The van der Waals surface area contributed by atoms with Gasteiger partial charge in [-0.1, -0.05) is 26.7 Å². The first kappa shape index (κ1) is 13.7. The van der Waals surface area contributed by atoms with Crippen molar-refractivity contribution in [2.45, 2.75) is 71.3 Å². The van der Waals surface area contributed by atoms with Crippen molar-refractivity contribution in [1.82, 2.24) is 4.90 Å². The third kappa shape index (κ3) is 4.65. The van der Waals surface area contributed by atoms with Crippen molar-refractivity contribution in [2.75, 3.05) is 13.1 Å². The second-order valence-corrected chi connectivity index (χ2v) is 5.03. The van der Waals surface area contributed by atoms with Crippen LogP contribution in [0.3, 0.4) is 0 Å². The van der Waals surface area contributed by atoms with Gasteiger partial charge in [0.1, 0.15) is 5.78 Å². The van der Waals surface area contributed by atoms with E-state index in [1.807, 2.05) is 0 Å². The Labute approximate surface area is 100 Å². The van der Waals surface area contributed by atoms with Gasteiger partial charge in [-0.25, -0.2) is 0 Å². The highest BCUT2D eigenvalue weighted by molar-refractivity contribution is 5.79. The van der Waals surface area contributed by atoms with Gasteiger partial charge >= 0.3 is 0 Å². The average molecular weight is 225 g/mol. The zero-order valence-corrected chi connectivity index (χ0v) is 11.0. The van der Waals surface area contributed by atoms with Gasteiger partial charge in [-0.2, -0.15) is 0 Å². The number of hydrogen-bond acceptors (Lipinski definition) is 2. The number of unbranched alkanes of at least 4 members (excludes halogenated alkanes) is 2. The molecule has 0 aromatic heterocycles. The predicted octanol–water partition coefficient (Wildman–Crippen LogP) is 3.40. The quantitative estimate of drug-likeness (QED) is 0.662. The molecular formula is C14H27NO. The molecule has 0 bridgehead atoms. The maximum absolute atomic E-state index is 11.5. The van der Waals surface area contributed by atoms with Crippen LogP contribution >= 0.6 is 0 Å². The summed E-state index contributed by atoms with van der Waals surface area (Å²) in [5.41, 5.74) is 0. The smallest absolute Gasteiger partial charge is 0.134 e. The van der Waals surface area contributed by atoms with E-state index < -0.39 is 0 Å². The van der Waals surface area contributed by atoms with E-state index in [1.165, 1.54) is 45.2 Å². The van der Waals surface area contributed by atoms with Crippen LogP contribution in [0.5, 0.6) is 0 Å². The van der Waals surface area contributed by atoms with Gasteiger partial charge in [0, 0.05) is 18.9 Å². The molecule has 94 valence electrons. The molecule has 0 heterocycles. The van der Waals surface area contributed by atoms with Crippen molar-refractivity contribution in [3.8, 4) is 0 Å². The molecule has 1 saturated carbocycles. The minimum absolute atomic E-state index is 0.481. The highest BCUT2D eigenvalue weighted by Gasteiger charge is 2.24. The number of carbonyl (C=O) groups is 1. The number of carbonyl (C=O) groups excluding carboxylic acids is 1. The van der Waals surface area contributed by atoms with Gasteiger partial charge in [0.25, 0.3) is 0 Å². The number of hydrogen-bond donors (Lipinski definition) is 0. The summed E-state index contributed by atoms with van der Waals surface area (Å²) in [4.78, 5) is 14.1. The predicted molar refractivity (Wildman–Crippen MR) is 68.7 cm³/mol. The first-order chi connectivity index (χ1) is 7.77. The molecule has 0 amide bonds. The van der Waals surface area contributed by atoms with Crippen molar-refractivity contribution in [1.29, 1.82) is 0 Å². The van der Waals surface area contributed by atoms with E-state index in [2.05, 4.69) is 18.7 Å². The van der Waals surface area contributed by atoms with Gasteiger partial charge in [0.2, 0.25) is 0 Å². The maximum atomic E-state index is 11.5. The van der Waals surface area contributed by atoms with Gasteiger partial charge in [0.05, 0.1) is 0 Å². The molecule has 1 atom stereocenters. The summed E-state index contributed by atoms with van der Waals surface area (Å²) < 4.78 is 0. The molecule has 0 spiro atoms. The maximum Gasteiger partial charge on any atom is 0.134 e. The monoisotopic (exact) mass is 225 g/mol. The first-order valence-corrected chi connectivity index (χ1v) is 7.03. The zero-order chi connectivity index (χ0) is 11.8. The number of ketones is 1. The Morgan fingerprint density at radius 1 is 1.19 bits per heavy atom. The van der Waals surface area contributed by atoms with Crippen molar-refractivity contribution >= 4 is 5.78 Å². The van der Waals surface area contributed by atoms with Crippen LogP contribution in [-0.2, 0) is 4.79 Å². The van der Waals surface area contributed by atoms with E-state index in [0.717, 1.165) is 19.3 Å². The number of Topliss-reactive ketones (excluding diaryl/α,β-unsaturated/α-hetero) is 1. The highest BCUT2D eigenvalue weighted by atomic mass is 16.1. The van der Waals surface area contributed by atoms with Crippen LogP contribution in [0.2, 0.25) is 0 Å². The lowest BCUT2D eigenvalue weighted by Crippen LogP contribution is -2.40. The van der Waals surface area contributed by atoms with Crippen LogP contribution in [0.4, 0.5) is 0 Å². The van der Waals surface area contributed by atoms with Gasteiger partial charge in [-0.15, -0.1) is 0 Å².